The van der Waals surface area contributed by atoms with Crippen molar-refractivity contribution in [3.63, 3.8) is 0 Å². The summed E-state index contributed by atoms with van der Waals surface area (Å²) in [5.41, 5.74) is 7.93. The van der Waals surface area contributed by atoms with Gasteiger partial charge < -0.3 is 10.6 Å². The summed E-state index contributed by atoms with van der Waals surface area (Å²) in [4.78, 5) is 16.8. The molecule has 1 saturated heterocycles. The van der Waals surface area contributed by atoms with Gasteiger partial charge in [-0.3, -0.25) is 4.90 Å². The van der Waals surface area contributed by atoms with Gasteiger partial charge in [0.15, 0.2) is 0 Å². The Kier molecular flexibility index (Phi) is 5.76. The van der Waals surface area contributed by atoms with E-state index in [1.807, 2.05) is 48.5 Å². The minimum Gasteiger partial charge on any atom is -0.382 e. The second-order valence-electron chi connectivity index (χ2n) is 7.00. The van der Waals surface area contributed by atoms with Gasteiger partial charge in [0, 0.05) is 48.5 Å². The lowest BCUT2D eigenvalue weighted by Gasteiger charge is -2.39. The highest BCUT2D eigenvalue weighted by Crippen LogP contribution is 2.31. The molecule has 2 heterocycles. The van der Waals surface area contributed by atoms with Crippen LogP contribution in [0.15, 0.2) is 60.8 Å². The number of benzene rings is 2. The number of hydrogen-bond acceptors (Lipinski definition) is 4. The first-order chi connectivity index (χ1) is 14.0. The molecule has 0 saturated carbocycles. The summed E-state index contributed by atoms with van der Waals surface area (Å²) >= 11 is 12.2. The first kappa shape index (κ1) is 19.8. The molecule has 29 heavy (non-hydrogen) atoms. The molecule has 0 spiro atoms. The molecule has 1 aliphatic rings. The van der Waals surface area contributed by atoms with E-state index in [1.165, 1.54) is 4.68 Å². The van der Waals surface area contributed by atoms with Crippen LogP contribution in [0.2, 0.25) is 10.0 Å². The molecule has 0 bridgehead atoms. The van der Waals surface area contributed by atoms with E-state index < -0.39 is 0 Å². The number of carbonyl (C=O) groups excluding carboxylic acids is 1. The van der Waals surface area contributed by atoms with E-state index in [-0.39, 0.29) is 12.1 Å². The number of carbonyl (C=O) groups is 1. The fourth-order valence-electron chi connectivity index (χ4n) is 3.67. The Bertz CT molecular complexity index is 934. The Morgan fingerprint density at radius 1 is 0.862 bits per heavy atom. The van der Waals surface area contributed by atoms with Crippen LogP contribution in [0.5, 0.6) is 0 Å². The van der Waals surface area contributed by atoms with Crippen molar-refractivity contribution in [3.05, 3.63) is 82.0 Å². The number of nitrogens with two attached hydrogens (primary N) is 1. The molecule has 1 fully saturated rings. The van der Waals surface area contributed by atoms with Gasteiger partial charge in [-0.05, 0) is 35.4 Å². The van der Waals surface area contributed by atoms with Crippen LogP contribution in [0.3, 0.4) is 0 Å². The van der Waals surface area contributed by atoms with Crippen LogP contribution < -0.4 is 5.73 Å². The Morgan fingerprint density at radius 3 is 1.83 bits per heavy atom. The number of anilines is 1. The third kappa shape index (κ3) is 4.40. The molecule has 2 N–H and O–H groups in total. The second kappa shape index (κ2) is 8.45. The van der Waals surface area contributed by atoms with Gasteiger partial charge in [0.25, 0.3) is 0 Å². The van der Waals surface area contributed by atoms with E-state index in [2.05, 4.69) is 10.00 Å². The van der Waals surface area contributed by atoms with Gasteiger partial charge in [-0.2, -0.15) is 4.68 Å². The molecule has 4 rings (SSSR count). The first-order valence-electron chi connectivity index (χ1n) is 9.36. The van der Waals surface area contributed by atoms with Crippen LogP contribution in [-0.4, -0.2) is 51.8 Å². The fraction of sp³-hybridized carbons (Fsp3) is 0.238. The summed E-state index contributed by atoms with van der Waals surface area (Å²) in [5, 5.41) is 5.43. The van der Waals surface area contributed by atoms with Crippen molar-refractivity contribution in [1.82, 2.24) is 19.6 Å². The van der Waals surface area contributed by atoms with Crippen LogP contribution >= 0.6 is 23.2 Å². The highest BCUT2D eigenvalue weighted by Gasteiger charge is 2.29. The van der Waals surface area contributed by atoms with Crippen molar-refractivity contribution in [2.75, 3.05) is 31.9 Å². The van der Waals surface area contributed by atoms with E-state index in [4.69, 9.17) is 28.9 Å². The Labute approximate surface area is 179 Å². The van der Waals surface area contributed by atoms with Crippen LogP contribution in [0.25, 0.3) is 0 Å². The van der Waals surface area contributed by atoms with E-state index in [0.29, 0.717) is 29.0 Å². The molecule has 1 aliphatic heterocycles. The largest absolute Gasteiger partial charge is 0.382 e. The molecule has 0 aliphatic carbocycles. The van der Waals surface area contributed by atoms with Gasteiger partial charge in [-0.1, -0.05) is 47.5 Å². The lowest BCUT2D eigenvalue weighted by molar-refractivity contribution is 0.119. The molecule has 150 valence electrons. The Hall–Kier alpha value is -2.54. The molecule has 1 amide bonds. The van der Waals surface area contributed by atoms with Gasteiger partial charge in [0.2, 0.25) is 0 Å². The maximum Gasteiger partial charge on any atom is 0.344 e. The Morgan fingerprint density at radius 2 is 1.38 bits per heavy atom. The smallest absolute Gasteiger partial charge is 0.344 e. The quantitative estimate of drug-likeness (QED) is 0.678. The lowest BCUT2D eigenvalue weighted by Crippen LogP contribution is -2.51. The van der Waals surface area contributed by atoms with Crippen LogP contribution in [0, 0.1) is 0 Å². The first-order valence-corrected chi connectivity index (χ1v) is 10.1. The highest BCUT2D eigenvalue weighted by molar-refractivity contribution is 6.30. The van der Waals surface area contributed by atoms with E-state index in [9.17, 15) is 4.79 Å². The zero-order valence-electron chi connectivity index (χ0n) is 15.7. The van der Waals surface area contributed by atoms with Crippen LogP contribution in [-0.2, 0) is 0 Å². The molecular weight excluding hydrogens is 409 g/mol. The molecule has 8 heteroatoms. The number of piperazine rings is 1. The molecule has 0 radical (unpaired) electrons. The highest BCUT2D eigenvalue weighted by atomic mass is 35.5. The number of nitrogens with zero attached hydrogens (tertiary/aromatic N) is 4. The molecule has 0 unspecified atom stereocenters. The molecular formula is C21H21Cl2N5O. The van der Waals surface area contributed by atoms with Gasteiger partial charge in [0.05, 0.1) is 6.04 Å². The van der Waals surface area contributed by atoms with Crippen molar-refractivity contribution in [3.8, 4) is 0 Å². The summed E-state index contributed by atoms with van der Waals surface area (Å²) in [7, 11) is 0. The van der Waals surface area contributed by atoms with Crippen molar-refractivity contribution in [2.45, 2.75) is 6.04 Å². The number of hydrogen-bond donors (Lipinski definition) is 1. The average molecular weight is 430 g/mol. The van der Waals surface area contributed by atoms with Gasteiger partial charge >= 0.3 is 6.03 Å². The third-order valence-electron chi connectivity index (χ3n) is 5.13. The number of rotatable bonds is 3. The normalized spacial score (nSPS) is 15.1. The Balaban J connectivity index is 1.54. The van der Waals surface area contributed by atoms with Crippen molar-refractivity contribution >= 4 is 35.1 Å². The monoisotopic (exact) mass is 429 g/mol. The van der Waals surface area contributed by atoms with Crippen molar-refractivity contribution in [2.24, 2.45) is 0 Å². The summed E-state index contributed by atoms with van der Waals surface area (Å²) in [6.07, 6.45) is 1.59. The molecule has 6 nitrogen and oxygen atoms in total. The minimum atomic E-state index is -0.157. The van der Waals surface area contributed by atoms with Crippen molar-refractivity contribution < 1.29 is 4.79 Å². The minimum absolute atomic E-state index is 0.0575. The van der Waals surface area contributed by atoms with Gasteiger partial charge in [0.1, 0.15) is 5.82 Å². The molecule has 3 aromatic rings. The zero-order chi connectivity index (χ0) is 20.4. The zero-order valence-corrected chi connectivity index (χ0v) is 17.2. The van der Waals surface area contributed by atoms with Gasteiger partial charge in [-0.25, -0.2) is 4.79 Å². The maximum atomic E-state index is 12.6. The number of amides is 1. The number of aromatic nitrogens is 2. The predicted octanol–water partition coefficient (Wildman–Crippen LogP) is 4.15. The standard InChI is InChI=1S/C21H21Cl2N5O/c22-17-5-1-15(2-6-17)20(16-3-7-18(23)8-4-16)26-11-13-27(14-12-26)21(29)28-10-9-19(24)25-28/h1-10,20H,11-14H2,(H2,24,25). The number of halogens is 2. The molecule has 1 aromatic heterocycles. The SMILES string of the molecule is Nc1ccn(C(=O)N2CCN(C(c3ccc(Cl)cc3)c3ccc(Cl)cc3)CC2)n1. The number of nitrogen functional groups attached to an aromatic ring is 1. The van der Waals surface area contributed by atoms with E-state index >= 15 is 0 Å². The summed E-state index contributed by atoms with van der Waals surface area (Å²) < 4.78 is 1.29. The summed E-state index contributed by atoms with van der Waals surface area (Å²) in [6.45, 7) is 2.68. The maximum absolute atomic E-state index is 12.6. The van der Waals surface area contributed by atoms with Crippen molar-refractivity contribution in [1.29, 1.82) is 0 Å². The van der Waals surface area contributed by atoms with E-state index in [0.717, 1.165) is 24.2 Å². The summed E-state index contributed by atoms with van der Waals surface area (Å²) in [5.74, 6) is 0.336. The molecule has 2 aromatic carbocycles. The van der Waals surface area contributed by atoms with Crippen LogP contribution in [0.1, 0.15) is 17.2 Å². The fourth-order valence-corrected chi connectivity index (χ4v) is 3.92. The lowest BCUT2D eigenvalue weighted by atomic mass is 9.96. The predicted molar refractivity (Wildman–Crippen MR) is 115 cm³/mol. The topological polar surface area (TPSA) is 67.4 Å². The third-order valence-corrected chi connectivity index (χ3v) is 5.63. The van der Waals surface area contributed by atoms with Crippen LogP contribution in [0.4, 0.5) is 10.6 Å². The van der Waals surface area contributed by atoms with E-state index in [1.54, 1.807) is 17.2 Å². The average Bonchev–Trinajstić information content (AvgIpc) is 3.17. The second-order valence-corrected chi connectivity index (χ2v) is 7.87. The summed E-state index contributed by atoms with van der Waals surface area (Å²) in [6, 6.07) is 17.3. The van der Waals surface area contributed by atoms with Gasteiger partial charge in [-0.15, -0.1) is 5.10 Å². The molecule has 0 atom stereocenters.